The van der Waals surface area contributed by atoms with Crippen LogP contribution in [0.4, 0.5) is 13.2 Å². The Hall–Kier alpha value is -3.33. The third-order valence-corrected chi connectivity index (χ3v) is 5.98. The van der Waals surface area contributed by atoms with Crippen molar-refractivity contribution in [2.75, 3.05) is 14.2 Å². The van der Waals surface area contributed by atoms with Gasteiger partial charge in [0.15, 0.2) is 0 Å². The smallest absolute Gasteiger partial charge is 0.463 e. The summed E-state index contributed by atoms with van der Waals surface area (Å²) in [6.45, 7) is 1.26. The summed E-state index contributed by atoms with van der Waals surface area (Å²) in [5.41, 5.74) is 2.44. The van der Waals surface area contributed by atoms with E-state index in [9.17, 15) is 22.8 Å². The predicted molar refractivity (Wildman–Crippen MR) is 115 cm³/mol. The zero-order chi connectivity index (χ0) is 23.8. The van der Waals surface area contributed by atoms with Gasteiger partial charge in [-0.2, -0.15) is 0 Å². The van der Waals surface area contributed by atoms with Crippen LogP contribution in [-0.2, 0) is 29.0 Å². The first kappa shape index (κ1) is 22.8. The number of nitrogens with zero attached hydrogens (tertiary/aromatic N) is 2. The van der Waals surface area contributed by atoms with Crippen molar-refractivity contribution in [3.63, 3.8) is 0 Å². The number of hydrogen-bond acceptors (Lipinski definition) is 5. The van der Waals surface area contributed by atoms with Crippen LogP contribution in [0.5, 0.6) is 5.75 Å². The van der Waals surface area contributed by atoms with E-state index in [0.717, 1.165) is 26.1 Å². The zero-order valence-corrected chi connectivity index (χ0v) is 18.2. The fraction of sp³-hybridized carbons (Fsp3) is 0.333. The van der Waals surface area contributed by atoms with Crippen LogP contribution in [0.15, 0.2) is 48.5 Å². The quantitative estimate of drug-likeness (QED) is 0.311. The Kier molecular flexibility index (Phi) is 6.16. The number of ether oxygens (including phenoxy) is 2. The molecule has 0 aliphatic carbocycles. The first-order valence-corrected chi connectivity index (χ1v) is 10.5. The van der Waals surface area contributed by atoms with Gasteiger partial charge in [-0.3, -0.25) is 9.69 Å². The standard InChI is InChI=1S/C24H23F3N2O4/c1-28(13-15-6-4-3-5-7-15)16-8-10-20-21(22(30)23(31)32-2)18-12-17(33-24(25,26)27)9-11-19(18)29(20)14-16/h3-7,9,11-12,16H,8,10,13-14H2,1-2H3. The van der Waals surface area contributed by atoms with Crippen LogP contribution in [0, 0.1) is 0 Å². The first-order valence-electron chi connectivity index (χ1n) is 10.5. The van der Waals surface area contributed by atoms with Crippen LogP contribution in [0.1, 0.15) is 28.0 Å². The average molecular weight is 460 g/mol. The lowest BCUT2D eigenvalue weighted by molar-refractivity contribution is -0.274. The molecule has 4 rings (SSSR count). The number of alkyl halides is 3. The molecule has 0 saturated carbocycles. The van der Waals surface area contributed by atoms with E-state index in [1.807, 2.05) is 41.9 Å². The van der Waals surface area contributed by atoms with Gasteiger partial charge in [-0.15, -0.1) is 13.2 Å². The van der Waals surface area contributed by atoms with Gasteiger partial charge in [0, 0.05) is 35.7 Å². The number of carbonyl (C=O) groups is 2. The summed E-state index contributed by atoms with van der Waals surface area (Å²) in [6.07, 6.45) is -3.65. The highest BCUT2D eigenvalue weighted by atomic mass is 19.4. The molecule has 0 saturated heterocycles. The summed E-state index contributed by atoms with van der Waals surface area (Å²) >= 11 is 0. The fourth-order valence-corrected chi connectivity index (χ4v) is 4.47. The molecule has 33 heavy (non-hydrogen) atoms. The van der Waals surface area contributed by atoms with E-state index in [4.69, 9.17) is 0 Å². The molecule has 1 aromatic heterocycles. The van der Waals surface area contributed by atoms with E-state index in [-0.39, 0.29) is 17.0 Å². The normalized spacial score (nSPS) is 16.0. The molecule has 2 aromatic carbocycles. The van der Waals surface area contributed by atoms with Crippen LogP contribution in [0.25, 0.3) is 10.9 Å². The van der Waals surface area contributed by atoms with Crippen molar-refractivity contribution in [2.24, 2.45) is 0 Å². The number of aromatic nitrogens is 1. The minimum absolute atomic E-state index is 0.0774. The van der Waals surface area contributed by atoms with Gasteiger partial charge in [0.05, 0.1) is 12.7 Å². The highest BCUT2D eigenvalue weighted by Gasteiger charge is 2.34. The molecule has 174 valence electrons. The van der Waals surface area contributed by atoms with Crippen LogP contribution >= 0.6 is 0 Å². The summed E-state index contributed by atoms with van der Waals surface area (Å²) in [7, 11) is 3.11. The van der Waals surface area contributed by atoms with Crippen molar-refractivity contribution < 1.29 is 32.2 Å². The summed E-state index contributed by atoms with van der Waals surface area (Å²) < 4.78 is 48.8. The van der Waals surface area contributed by atoms with Crippen LogP contribution in [0.2, 0.25) is 0 Å². The molecule has 0 fully saturated rings. The number of esters is 1. The van der Waals surface area contributed by atoms with Gasteiger partial charge in [0.2, 0.25) is 0 Å². The molecule has 3 aromatic rings. The number of fused-ring (bicyclic) bond motifs is 3. The lowest BCUT2D eigenvalue weighted by Gasteiger charge is -2.33. The highest BCUT2D eigenvalue weighted by Crippen LogP contribution is 2.36. The number of carbonyl (C=O) groups excluding carboxylic acids is 2. The van der Waals surface area contributed by atoms with Gasteiger partial charge in [-0.25, -0.2) is 4.79 Å². The van der Waals surface area contributed by atoms with E-state index in [2.05, 4.69) is 14.4 Å². The minimum atomic E-state index is -4.87. The van der Waals surface area contributed by atoms with E-state index in [1.54, 1.807) is 0 Å². The second-order valence-corrected chi connectivity index (χ2v) is 8.07. The number of hydrogen-bond donors (Lipinski definition) is 0. The summed E-state index contributed by atoms with van der Waals surface area (Å²) in [6, 6.07) is 14.0. The molecule has 0 radical (unpaired) electrons. The SMILES string of the molecule is COC(=O)C(=O)c1c2n(c3ccc(OC(F)(F)F)cc13)CC(N(C)Cc1ccccc1)CC2. The molecule has 1 aliphatic heterocycles. The lowest BCUT2D eigenvalue weighted by atomic mass is 9.98. The topological polar surface area (TPSA) is 60.8 Å². The van der Waals surface area contributed by atoms with Gasteiger partial charge in [-0.05, 0) is 43.7 Å². The molecule has 9 heteroatoms. The Balaban J connectivity index is 1.72. The molecular formula is C24H23F3N2O4. The van der Waals surface area contributed by atoms with Gasteiger partial charge in [0.25, 0.3) is 5.78 Å². The molecule has 0 amide bonds. The Morgan fingerprint density at radius 3 is 2.55 bits per heavy atom. The minimum Gasteiger partial charge on any atom is -0.463 e. The number of benzene rings is 2. The first-order chi connectivity index (χ1) is 15.7. The molecule has 1 atom stereocenters. The molecule has 0 N–H and O–H groups in total. The largest absolute Gasteiger partial charge is 0.573 e. The van der Waals surface area contributed by atoms with Gasteiger partial charge < -0.3 is 14.0 Å². The van der Waals surface area contributed by atoms with Crippen LogP contribution in [-0.4, -0.2) is 47.8 Å². The Morgan fingerprint density at radius 2 is 1.88 bits per heavy atom. The van der Waals surface area contributed by atoms with Crippen molar-refractivity contribution >= 4 is 22.7 Å². The zero-order valence-electron chi connectivity index (χ0n) is 18.2. The molecule has 1 unspecified atom stereocenters. The van der Waals surface area contributed by atoms with Crippen molar-refractivity contribution in [1.29, 1.82) is 0 Å². The van der Waals surface area contributed by atoms with Crippen LogP contribution < -0.4 is 4.74 Å². The maximum Gasteiger partial charge on any atom is 0.573 e. The average Bonchev–Trinajstić information content (AvgIpc) is 3.10. The van der Waals surface area contributed by atoms with E-state index >= 15 is 0 Å². The molecule has 0 bridgehead atoms. The Bertz CT molecular complexity index is 1190. The fourth-order valence-electron chi connectivity index (χ4n) is 4.47. The summed E-state index contributed by atoms with van der Waals surface area (Å²) in [5, 5.41) is 0.244. The van der Waals surface area contributed by atoms with Gasteiger partial charge in [0.1, 0.15) is 5.75 Å². The molecule has 2 heterocycles. The summed E-state index contributed by atoms with van der Waals surface area (Å²) in [4.78, 5) is 27.1. The molecule has 0 spiro atoms. The van der Waals surface area contributed by atoms with E-state index < -0.39 is 23.9 Å². The maximum absolute atomic E-state index is 12.8. The number of methoxy groups -OCH3 is 1. The molecule has 1 aliphatic rings. The highest BCUT2D eigenvalue weighted by molar-refractivity contribution is 6.43. The number of ketones is 1. The van der Waals surface area contributed by atoms with E-state index in [0.29, 0.717) is 24.2 Å². The van der Waals surface area contributed by atoms with E-state index in [1.165, 1.54) is 17.7 Å². The Morgan fingerprint density at radius 1 is 1.15 bits per heavy atom. The number of likely N-dealkylation sites (N-methyl/N-ethyl adjacent to an activating group) is 1. The third-order valence-electron chi connectivity index (χ3n) is 5.98. The Labute approximate surface area is 188 Å². The number of halogens is 3. The van der Waals surface area contributed by atoms with Gasteiger partial charge in [-0.1, -0.05) is 30.3 Å². The predicted octanol–water partition coefficient (Wildman–Crippen LogP) is 4.34. The maximum atomic E-state index is 12.8. The van der Waals surface area contributed by atoms with Crippen molar-refractivity contribution in [3.05, 3.63) is 65.4 Å². The lowest BCUT2D eigenvalue weighted by Crippen LogP contribution is -2.38. The molecule has 6 nitrogen and oxygen atoms in total. The van der Waals surface area contributed by atoms with Crippen molar-refractivity contribution in [1.82, 2.24) is 9.47 Å². The van der Waals surface area contributed by atoms with Crippen LogP contribution in [0.3, 0.4) is 0 Å². The summed E-state index contributed by atoms with van der Waals surface area (Å²) in [5.74, 6) is -2.39. The number of rotatable bonds is 6. The molecular weight excluding hydrogens is 437 g/mol. The third kappa shape index (κ3) is 4.73. The van der Waals surface area contributed by atoms with Crippen molar-refractivity contribution in [2.45, 2.75) is 38.3 Å². The van der Waals surface area contributed by atoms with Crippen molar-refractivity contribution in [3.8, 4) is 5.75 Å². The van der Waals surface area contributed by atoms with Gasteiger partial charge >= 0.3 is 12.3 Å². The second-order valence-electron chi connectivity index (χ2n) is 8.07. The second kappa shape index (κ2) is 8.90. The number of Topliss-reactive ketones (excluding diaryl/α,β-unsaturated/α-hetero) is 1. The monoisotopic (exact) mass is 460 g/mol.